The summed E-state index contributed by atoms with van der Waals surface area (Å²) in [6, 6.07) is -1.37. The van der Waals surface area contributed by atoms with Crippen molar-refractivity contribution in [3.8, 4) is 0 Å². The molecule has 0 aliphatic carbocycles. The van der Waals surface area contributed by atoms with Crippen LogP contribution in [0.4, 0.5) is 4.79 Å². The van der Waals surface area contributed by atoms with E-state index < -0.39 is 18.0 Å². The molecule has 7 heteroatoms. The van der Waals surface area contributed by atoms with Crippen molar-refractivity contribution >= 4 is 23.7 Å². The number of primary amides is 1. The Morgan fingerprint density at radius 2 is 2.15 bits per heavy atom. The van der Waals surface area contributed by atoms with Crippen LogP contribution in [0.5, 0.6) is 0 Å². The fraction of sp³-hybridized carbons (Fsp3) is 0.667. The predicted molar refractivity (Wildman–Crippen MR) is 51.8 cm³/mol. The largest absolute Gasteiger partial charge is 0.352 e. The van der Waals surface area contributed by atoms with Crippen LogP contribution in [0.2, 0.25) is 0 Å². The second-order valence-corrected chi connectivity index (χ2v) is 3.34. The fourth-order valence-corrected chi connectivity index (χ4v) is 1.25. The van der Waals surface area contributed by atoms with E-state index in [-0.39, 0.29) is 0 Å². The maximum atomic E-state index is 11.0. The highest BCUT2D eigenvalue weighted by Gasteiger charge is 2.17. The van der Waals surface area contributed by atoms with Gasteiger partial charge in [-0.3, -0.25) is 10.2 Å². The molecule has 13 heavy (non-hydrogen) atoms. The van der Waals surface area contributed by atoms with Crippen LogP contribution >= 0.6 is 11.8 Å². The predicted octanol–water partition coefficient (Wildman–Crippen LogP) is -1.23. The second-order valence-electron chi connectivity index (χ2n) is 2.35. The van der Waals surface area contributed by atoms with E-state index >= 15 is 0 Å². The standard InChI is InChI=1S/C6H14N4O2S/c1-13-3-2-4(5(11)10-8)9-6(7)12/h4H,2-3,8H2,1H3,(H,10,11)(H3,7,9,12). The zero-order chi connectivity index (χ0) is 10.3. The van der Waals surface area contributed by atoms with E-state index in [0.29, 0.717) is 6.42 Å². The van der Waals surface area contributed by atoms with Crippen molar-refractivity contribution < 1.29 is 9.59 Å². The molecule has 1 unspecified atom stereocenters. The third-order valence-corrected chi connectivity index (χ3v) is 2.03. The van der Waals surface area contributed by atoms with Crippen molar-refractivity contribution in [1.29, 1.82) is 0 Å². The molecular formula is C6H14N4O2S. The summed E-state index contributed by atoms with van der Waals surface area (Å²) in [5.74, 6) is 5.23. The summed E-state index contributed by atoms with van der Waals surface area (Å²) >= 11 is 1.57. The van der Waals surface area contributed by atoms with E-state index in [0.717, 1.165) is 5.75 Å². The molecule has 1 atom stereocenters. The number of carbonyl (C=O) groups is 2. The summed E-state index contributed by atoms with van der Waals surface area (Å²) in [4.78, 5) is 21.5. The molecule has 6 N–H and O–H groups in total. The second kappa shape index (κ2) is 6.55. The molecule has 0 heterocycles. The Kier molecular flexibility index (Phi) is 6.07. The van der Waals surface area contributed by atoms with Crippen LogP contribution in [-0.2, 0) is 4.79 Å². The Hall–Kier alpha value is -0.950. The van der Waals surface area contributed by atoms with Crippen LogP contribution in [0.3, 0.4) is 0 Å². The molecule has 0 aliphatic heterocycles. The van der Waals surface area contributed by atoms with Crippen molar-refractivity contribution in [2.45, 2.75) is 12.5 Å². The highest BCUT2D eigenvalue weighted by molar-refractivity contribution is 7.98. The van der Waals surface area contributed by atoms with E-state index in [1.54, 1.807) is 11.8 Å². The van der Waals surface area contributed by atoms with Crippen LogP contribution in [0.25, 0.3) is 0 Å². The minimum Gasteiger partial charge on any atom is -0.352 e. The maximum absolute atomic E-state index is 11.0. The van der Waals surface area contributed by atoms with E-state index in [9.17, 15) is 9.59 Å². The number of nitrogens with one attached hydrogen (secondary N) is 2. The topological polar surface area (TPSA) is 110 Å². The van der Waals surface area contributed by atoms with Crippen LogP contribution in [0.1, 0.15) is 6.42 Å². The first-order valence-electron chi connectivity index (χ1n) is 3.67. The van der Waals surface area contributed by atoms with Gasteiger partial charge in [-0.25, -0.2) is 10.6 Å². The monoisotopic (exact) mass is 206 g/mol. The Bertz CT molecular complexity index is 187. The van der Waals surface area contributed by atoms with Crippen LogP contribution in [0, 0.1) is 0 Å². The van der Waals surface area contributed by atoms with Crippen molar-refractivity contribution in [3.05, 3.63) is 0 Å². The summed E-state index contributed by atoms with van der Waals surface area (Å²) in [7, 11) is 0. The normalized spacial score (nSPS) is 11.8. The minimum absolute atomic E-state index is 0.437. The molecule has 0 saturated heterocycles. The summed E-state index contributed by atoms with van der Waals surface area (Å²) < 4.78 is 0. The molecule has 76 valence electrons. The lowest BCUT2D eigenvalue weighted by atomic mass is 10.2. The minimum atomic E-state index is -0.727. The van der Waals surface area contributed by atoms with Crippen LogP contribution in [0.15, 0.2) is 0 Å². The van der Waals surface area contributed by atoms with Gasteiger partial charge in [0, 0.05) is 0 Å². The van der Waals surface area contributed by atoms with Gasteiger partial charge in [0.05, 0.1) is 0 Å². The van der Waals surface area contributed by atoms with Crippen molar-refractivity contribution in [3.63, 3.8) is 0 Å². The number of nitrogens with two attached hydrogens (primary N) is 2. The van der Waals surface area contributed by atoms with Gasteiger partial charge >= 0.3 is 6.03 Å². The molecule has 0 aromatic heterocycles. The maximum Gasteiger partial charge on any atom is 0.312 e. The van der Waals surface area contributed by atoms with Gasteiger partial charge in [0.25, 0.3) is 5.91 Å². The lowest BCUT2D eigenvalue weighted by Crippen LogP contribution is -2.50. The number of amides is 3. The Balaban J connectivity index is 4.02. The van der Waals surface area contributed by atoms with Crippen LogP contribution < -0.4 is 22.3 Å². The van der Waals surface area contributed by atoms with Gasteiger partial charge in [-0.05, 0) is 18.4 Å². The number of hydrogen-bond acceptors (Lipinski definition) is 4. The third-order valence-electron chi connectivity index (χ3n) is 1.39. The zero-order valence-electron chi connectivity index (χ0n) is 7.37. The number of urea groups is 1. The number of rotatable bonds is 5. The summed E-state index contributed by atoms with van der Waals surface area (Å²) in [5, 5.41) is 2.30. The molecule has 0 radical (unpaired) electrons. The van der Waals surface area contributed by atoms with Gasteiger partial charge in [0.1, 0.15) is 6.04 Å². The van der Waals surface area contributed by atoms with Gasteiger partial charge in [-0.15, -0.1) is 0 Å². The molecule has 0 rings (SSSR count). The number of hydrazine groups is 1. The first-order chi connectivity index (χ1) is 6.11. The van der Waals surface area contributed by atoms with E-state index in [1.165, 1.54) is 0 Å². The van der Waals surface area contributed by atoms with E-state index in [1.807, 2.05) is 11.7 Å². The first kappa shape index (κ1) is 12.0. The lowest BCUT2D eigenvalue weighted by Gasteiger charge is -2.14. The van der Waals surface area contributed by atoms with Gasteiger partial charge in [-0.1, -0.05) is 0 Å². The summed E-state index contributed by atoms with van der Waals surface area (Å²) in [6.45, 7) is 0. The van der Waals surface area contributed by atoms with Crippen LogP contribution in [-0.4, -0.2) is 30.0 Å². The fourth-order valence-electron chi connectivity index (χ4n) is 0.777. The number of hydrogen-bond donors (Lipinski definition) is 4. The SMILES string of the molecule is CSCCC(NC(N)=O)C(=O)NN. The molecular weight excluding hydrogens is 192 g/mol. The third kappa shape index (κ3) is 5.31. The molecule has 0 bridgehead atoms. The molecule has 0 aromatic carbocycles. The summed E-state index contributed by atoms with van der Waals surface area (Å²) in [6.07, 6.45) is 2.41. The van der Waals surface area contributed by atoms with E-state index in [2.05, 4.69) is 5.32 Å². The van der Waals surface area contributed by atoms with Gasteiger partial charge in [0.2, 0.25) is 0 Å². The first-order valence-corrected chi connectivity index (χ1v) is 5.06. The molecule has 0 aliphatic rings. The number of thioether (sulfide) groups is 1. The van der Waals surface area contributed by atoms with Gasteiger partial charge in [-0.2, -0.15) is 11.8 Å². The average Bonchev–Trinajstić information content (AvgIpc) is 2.10. The average molecular weight is 206 g/mol. The molecule has 0 aromatic rings. The van der Waals surface area contributed by atoms with E-state index in [4.69, 9.17) is 11.6 Å². The van der Waals surface area contributed by atoms with Crippen molar-refractivity contribution in [2.75, 3.05) is 12.0 Å². The molecule has 0 spiro atoms. The number of carbonyl (C=O) groups excluding carboxylic acids is 2. The smallest absolute Gasteiger partial charge is 0.312 e. The quantitative estimate of drug-likeness (QED) is 0.256. The molecule has 3 amide bonds. The molecule has 6 nitrogen and oxygen atoms in total. The van der Waals surface area contributed by atoms with Gasteiger partial charge in [0.15, 0.2) is 0 Å². The zero-order valence-corrected chi connectivity index (χ0v) is 8.19. The van der Waals surface area contributed by atoms with Gasteiger partial charge < -0.3 is 11.1 Å². The highest BCUT2D eigenvalue weighted by atomic mass is 32.2. The van der Waals surface area contributed by atoms with Crippen molar-refractivity contribution in [1.82, 2.24) is 10.7 Å². The Morgan fingerprint density at radius 1 is 1.54 bits per heavy atom. The Morgan fingerprint density at radius 3 is 2.54 bits per heavy atom. The molecule has 0 fully saturated rings. The lowest BCUT2D eigenvalue weighted by molar-refractivity contribution is -0.123. The van der Waals surface area contributed by atoms with Crippen molar-refractivity contribution in [2.24, 2.45) is 11.6 Å². The molecule has 0 saturated carbocycles. The Labute approximate surface area is 80.8 Å². The highest BCUT2D eigenvalue weighted by Crippen LogP contribution is 2.00. The summed E-state index contributed by atoms with van der Waals surface area (Å²) in [5.41, 5.74) is 6.84.